The van der Waals surface area contributed by atoms with Gasteiger partial charge in [-0.1, -0.05) is 72.1 Å². The van der Waals surface area contributed by atoms with Gasteiger partial charge in [0.1, 0.15) is 0 Å². The Morgan fingerprint density at radius 3 is 1.50 bits per heavy atom. The number of rotatable bonds is 8. The van der Waals surface area contributed by atoms with E-state index in [0.717, 1.165) is 5.92 Å². The van der Waals surface area contributed by atoms with Crippen LogP contribution >= 0.6 is 8.25 Å². The van der Waals surface area contributed by atoms with Gasteiger partial charge < -0.3 is 0 Å². The number of unbranched alkanes of at least 4 members (excludes halogenated alkanes) is 2. The highest BCUT2D eigenvalue weighted by molar-refractivity contribution is 7.30. The molecule has 16 heavy (non-hydrogen) atoms. The van der Waals surface area contributed by atoms with Crippen LogP contribution in [0.2, 0.25) is 0 Å². The second-order valence-electron chi connectivity index (χ2n) is 4.19. The molecule has 0 bridgehead atoms. The third kappa shape index (κ3) is 19.6. The average molecular weight is 251 g/mol. The maximum atomic E-state index is 8.70. The fourth-order valence-electron chi connectivity index (χ4n) is 1.83. The Labute approximate surface area is 101 Å². The number of hydrogen-bond donors (Lipinski definition) is 2. The van der Waals surface area contributed by atoms with Crippen molar-refractivity contribution in [2.24, 2.45) is 5.92 Å². The molecule has 0 aliphatic heterocycles. The molecule has 0 unspecified atom stereocenters. The highest BCUT2D eigenvalue weighted by atomic mass is 31.1. The summed E-state index contributed by atoms with van der Waals surface area (Å²) in [6.07, 6.45) is 11.4. The lowest BCUT2D eigenvalue weighted by Crippen LogP contribution is -1.99. The fraction of sp³-hybridized carbons (Fsp3) is 1.00. The van der Waals surface area contributed by atoms with Gasteiger partial charge in [-0.25, -0.2) is 0 Å². The molecule has 0 amide bonds. The summed E-state index contributed by atoms with van der Waals surface area (Å²) in [5, 5.41) is 0. The van der Waals surface area contributed by atoms with Crippen LogP contribution in [0.15, 0.2) is 0 Å². The molecule has 0 aliphatic rings. The van der Waals surface area contributed by atoms with E-state index in [2.05, 4.69) is 20.8 Å². The Bertz CT molecular complexity index is 139. The molecule has 0 heterocycles. The van der Waals surface area contributed by atoms with Crippen LogP contribution in [0.5, 0.6) is 0 Å². The highest BCUT2D eigenvalue weighted by Gasteiger charge is 2.05. The van der Waals surface area contributed by atoms with Crippen LogP contribution < -0.4 is 0 Å². The first-order chi connectivity index (χ1) is 7.58. The van der Waals surface area contributed by atoms with Gasteiger partial charge >= 0.3 is 8.25 Å². The van der Waals surface area contributed by atoms with Crippen molar-refractivity contribution in [2.75, 3.05) is 0 Å². The van der Waals surface area contributed by atoms with Crippen molar-refractivity contribution >= 4 is 8.25 Å². The van der Waals surface area contributed by atoms with Gasteiger partial charge in [-0.2, -0.15) is 0 Å². The van der Waals surface area contributed by atoms with Gasteiger partial charge in [-0.05, 0) is 5.92 Å². The first-order valence-corrected chi connectivity index (χ1v) is 7.59. The van der Waals surface area contributed by atoms with Gasteiger partial charge in [0.15, 0.2) is 0 Å². The third-order valence-corrected chi connectivity index (χ3v) is 2.63. The lowest BCUT2D eigenvalue weighted by Gasteiger charge is -2.14. The van der Waals surface area contributed by atoms with Crippen LogP contribution in [0, 0.1) is 5.92 Å². The van der Waals surface area contributed by atoms with Gasteiger partial charge in [0.05, 0.1) is 0 Å². The smallest absolute Gasteiger partial charge is 0.134 e. The van der Waals surface area contributed by atoms with Crippen molar-refractivity contribution in [3.8, 4) is 0 Å². The Morgan fingerprint density at radius 2 is 1.25 bits per heavy atom. The molecule has 0 aromatic carbocycles. The Morgan fingerprint density at radius 1 is 0.875 bits per heavy atom. The molecule has 98 valence electrons. The summed E-state index contributed by atoms with van der Waals surface area (Å²) in [7, 11) is -2.87. The van der Waals surface area contributed by atoms with E-state index in [1.807, 2.05) is 0 Å². The standard InChI is InChI=1S/C12H26.HO3P/c1-4-7-10-12(9-6-3)11-8-5-2;1-4(2)3/h12H,4-11H2,1-3H3;(H-,1,2,3)/p+1. The van der Waals surface area contributed by atoms with Crippen molar-refractivity contribution in [3.63, 3.8) is 0 Å². The van der Waals surface area contributed by atoms with Crippen LogP contribution in [0.3, 0.4) is 0 Å². The summed E-state index contributed by atoms with van der Waals surface area (Å²) in [4.78, 5) is 14.2. The van der Waals surface area contributed by atoms with E-state index < -0.39 is 8.25 Å². The fourth-order valence-corrected chi connectivity index (χ4v) is 1.83. The lowest BCUT2D eigenvalue weighted by molar-refractivity contribution is 0.390. The molecule has 0 aliphatic carbocycles. The van der Waals surface area contributed by atoms with E-state index in [0.29, 0.717) is 0 Å². The molecule has 0 fully saturated rings. The van der Waals surface area contributed by atoms with Crippen LogP contribution in [0.1, 0.15) is 72.1 Å². The van der Waals surface area contributed by atoms with Crippen molar-refractivity contribution in [3.05, 3.63) is 0 Å². The highest BCUT2D eigenvalue weighted by Crippen LogP contribution is 2.20. The van der Waals surface area contributed by atoms with Gasteiger partial charge in [-0.15, -0.1) is 9.79 Å². The SMILES string of the molecule is CCCCC(CCC)CCCC.O=[P+](O)O. The second-order valence-corrected chi connectivity index (χ2v) is 4.70. The summed E-state index contributed by atoms with van der Waals surface area (Å²) >= 11 is 0. The molecule has 0 aromatic rings. The molecule has 4 heteroatoms. The zero-order chi connectivity index (χ0) is 12.8. The molecule has 0 saturated heterocycles. The summed E-state index contributed by atoms with van der Waals surface area (Å²) in [5.41, 5.74) is 0. The molecular weight excluding hydrogens is 223 g/mol. The first kappa shape index (κ1) is 18.4. The number of hydrogen-bond acceptors (Lipinski definition) is 1. The van der Waals surface area contributed by atoms with Gasteiger partial charge in [0.2, 0.25) is 0 Å². The van der Waals surface area contributed by atoms with E-state index in [1.54, 1.807) is 0 Å². The monoisotopic (exact) mass is 251 g/mol. The summed E-state index contributed by atoms with van der Waals surface area (Å²) < 4.78 is 8.70. The van der Waals surface area contributed by atoms with Crippen molar-refractivity contribution in [1.82, 2.24) is 0 Å². The van der Waals surface area contributed by atoms with E-state index >= 15 is 0 Å². The minimum atomic E-state index is -2.87. The van der Waals surface area contributed by atoms with Crippen molar-refractivity contribution in [1.29, 1.82) is 0 Å². The Balaban J connectivity index is 0. The molecule has 0 saturated carbocycles. The van der Waals surface area contributed by atoms with Crippen LogP contribution in [0.4, 0.5) is 0 Å². The third-order valence-electron chi connectivity index (χ3n) is 2.63. The van der Waals surface area contributed by atoms with E-state index in [-0.39, 0.29) is 0 Å². The summed E-state index contributed by atoms with van der Waals surface area (Å²) in [6.45, 7) is 6.90. The normalized spacial score (nSPS) is 9.88. The topological polar surface area (TPSA) is 57.5 Å². The largest absolute Gasteiger partial charge is 0.692 e. The predicted molar refractivity (Wildman–Crippen MR) is 69.5 cm³/mol. The summed E-state index contributed by atoms with van der Waals surface area (Å²) in [5.74, 6) is 1.04. The molecule has 0 spiro atoms. The van der Waals surface area contributed by atoms with Crippen LogP contribution in [-0.4, -0.2) is 9.79 Å². The predicted octanol–water partition coefficient (Wildman–Crippen LogP) is 4.41. The molecule has 0 rings (SSSR count). The summed E-state index contributed by atoms with van der Waals surface area (Å²) in [6, 6.07) is 0. The molecular formula is C12H28O3P+. The minimum absolute atomic E-state index is 1.04. The average Bonchev–Trinajstić information content (AvgIpc) is 2.21. The van der Waals surface area contributed by atoms with Gasteiger partial charge in [-0.3, -0.25) is 0 Å². The van der Waals surface area contributed by atoms with Crippen molar-refractivity contribution < 1.29 is 14.4 Å². The lowest BCUT2D eigenvalue weighted by atomic mass is 9.92. The van der Waals surface area contributed by atoms with E-state index in [9.17, 15) is 0 Å². The molecule has 0 aromatic heterocycles. The first-order valence-electron chi connectivity index (χ1n) is 6.43. The quantitative estimate of drug-likeness (QED) is 0.628. The van der Waals surface area contributed by atoms with Gasteiger partial charge in [0, 0.05) is 4.57 Å². The van der Waals surface area contributed by atoms with E-state index in [4.69, 9.17) is 14.4 Å². The van der Waals surface area contributed by atoms with E-state index in [1.165, 1.54) is 51.4 Å². The molecule has 3 nitrogen and oxygen atoms in total. The Hall–Kier alpha value is 0.0200. The second kappa shape index (κ2) is 15.0. The molecule has 0 atom stereocenters. The van der Waals surface area contributed by atoms with Gasteiger partial charge in [0.25, 0.3) is 0 Å². The zero-order valence-corrected chi connectivity index (χ0v) is 11.9. The Kier molecular flexibility index (Phi) is 17.3. The molecule has 0 radical (unpaired) electrons. The maximum Gasteiger partial charge on any atom is 0.692 e. The van der Waals surface area contributed by atoms with Crippen LogP contribution in [-0.2, 0) is 4.57 Å². The molecule has 2 N–H and O–H groups in total. The van der Waals surface area contributed by atoms with Crippen LogP contribution in [0.25, 0.3) is 0 Å². The minimum Gasteiger partial charge on any atom is -0.134 e. The van der Waals surface area contributed by atoms with Crippen molar-refractivity contribution in [2.45, 2.75) is 72.1 Å². The zero-order valence-electron chi connectivity index (χ0n) is 11.0. The maximum absolute atomic E-state index is 8.70.